The molecule has 0 amide bonds. The Bertz CT molecular complexity index is 291. The van der Waals surface area contributed by atoms with E-state index in [1.54, 1.807) is 6.92 Å². The van der Waals surface area contributed by atoms with Crippen molar-refractivity contribution in [2.24, 2.45) is 17.8 Å². The highest BCUT2D eigenvalue weighted by Gasteiger charge is 2.40. The van der Waals surface area contributed by atoms with Gasteiger partial charge in [-0.15, -0.1) is 0 Å². The Labute approximate surface area is 85.0 Å². The Hall–Kier alpha value is -0.790. The second-order valence-electron chi connectivity index (χ2n) is 4.89. The Morgan fingerprint density at radius 1 is 1.21 bits per heavy atom. The lowest BCUT2D eigenvalue weighted by Gasteiger charge is -2.23. The minimum Gasteiger partial charge on any atom is -0.478 e. The number of hydrogen-bond donors (Lipinski definition) is 1. The van der Waals surface area contributed by atoms with Gasteiger partial charge in [0.2, 0.25) is 0 Å². The molecule has 0 aromatic heterocycles. The van der Waals surface area contributed by atoms with Crippen LogP contribution in [0.2, 0.25) is 0 Å². The van der Waals surface area contributed by atoms with E-state index in [2.05, 4.69) is 0 Å². The van der Waals surface area contributed by atoms with E-state index in [1.807, 2.05) is 6.92 Å². The average Bonchev–Trinajstić information content (AvgIpc) is 2.76. The molecule has 2 fully saturated rings. The lowest BCUT2D eigenvalue weighted by atomic mass is 9.82. The second-order valence-corrected chi connectivity index (χ2v) is 4.89. The molecule has 0 spiro atoms. The van der Waals surface area contributed by atoms with Crippen molar-refractivity contribution >= 4 is 5.97 Å². The Morgan fingerprint density at radius 2 is 1.93 bits per heavy atom. The quantitative estimate of drug-likeness (QED) is 0.686. The molecular formula is C12H18O2. The number of aliphatic carboxylic acids is 1. The Balaban J connectivity index is 2.16. The van der Waals surface area contributed by atoms with Crippen LogP contribution in [0.25, 0.3) is 0 Å². The highest BCUT2D eigenvalue weighted by molar-refractivity contribution is 5.86. The topological polar surface area (TPSA) is 37.3 Å². The first-order valence-electron chi connectivity index (χ1n) is 5.50. The van der Waals surface area contributed by atoms with Crippen LogP contribution in [0.1, 0.15) is 39.5 Å². The Kier molecular flexibility index (Phi) is 2.38. The third-order valence-corrected chi connectivity index (χ3v) is 4.21. The molecule has 78 valence electrons. The van der Waals surface area contributed by atoms with Gasteiger partial charge in [0, 0.05) is 5.57 Å². The molecule has 2 nitrogen and oxygen atoms in total. The number of carboxylic acids is 1. The standard InChI is InChI=1S/C12H18O2/c1-7(8(2)12(13)14)11-6-9-3-4-10(11)5-9/h9-11H,3-6H2,1-2H3,(H,13,14). The summed E-state index contributed by atoms with van der Waals surface area (Å²) >= 11 is 0. The third-order valence-electron chi connectivity index (χ3n) is 4.21. The lowest BCUT2D eigenvalue weighted by molar-refractivity contribution is -0.132. The summed E-state index contributed by atoms with van der Waals surface area (Å²) in [5.74, 6) is 1.51. The van der Waals surface area contributed by atoms with E-state index in [1.165, 1.54) is 25.7 Å². The highest BCUT2D eigenvalue weighted by Crippen LogP contribution is 2.51. The van der Waals surface area contributed by atoms with Crippen molar-refractivity contribution in [2.45, 2.75) is 39.5 Å². The van der Waals surface area contributed by atoms with Gasteiger partial charge in [-0.2, -0.15) is 0 Å². The smallest absolute Gasteiger partial charge is 0.331 e. The van der Waals surface area contributed by atoms with E-state index >= 15 is 0 Å². The number of carbonyl (C=O) groups is 1. The summed E-state index contributed by atoms with van der Waals surface area (Å²) in [6.07, 6.45) is 5.27. The molecule has 2 rings (SSSR count). The first-order chi connectivity index (χ1) is 6.59. The normalized spacial score (nSPS) is 37.1. The van der Waals surface area contributed by atoms with E-state index in [4.69, 9.17) is 5.11 Å². The van der Waals surface area contributed by atoms with Gasteiger partial charge >= 0.3 is 5.97 Å². The first kappa shape index (κ1) is 9.75. The molecule has 3 atom stereocenters. The molecule has 2 aliphatic carbocycles. The maximum Gasteiger partial charge on any atom is 0.331 e. The zero-order valence-corrected chi connectivity index (χ0v) is 8.92. The van der Waals surface area contributed by atoms with Crippen LogP contribution in [0, 0.1) is 17.8 Å². The zero-order chi connectivity index (χ0) is 10.3. The zero-order valence-electron chi connectivity index (χ0n) is 8.92. The van der Waals surface area contributed by atoms with Crippen LogP contribution in [0.4, 0.5) is 0 Å². The van der Waals surface area contributed by atoms with E-state index in [0.29, 0.717) is 11.5 Å². The molecule has 0 aromatic carbocycles. The summed E-state index contributed by atoms with van der Waals surface area (Å²) in [6, 6.07) is 0. The number of carboxylic acid groups (broad SMARTS) is 1. The third kappa shape index (κ3) is 1.47. The predicted octanol–water partition coefficient (Wildman–Crippen LogP) is 2.84. The molecule has 2 aliphatic rings. The first-order valence-corrected chi connectivity index (χ1v) is 5.50. The molecule has 0 aliphatic heterocycles. The summed E-state index contributed by atoms with van der Waals surface area (Å²) in [5, 5.41) is 8.93. The fourth-order valence-electron chi connectivity index (χ4n) is 3.22. The van der Waals surface area contributed by atoms with Gasteiger partial charge in [0.1, 0.15) is 0 Å². The molecule has 14 heavy (non-hydrogen) atoms. The highest BCUT2D eigenvalue weighted by atomic mass is 16.4. The summed E-state index contributed by atoms with van der Waals surface area (Å²) in [6.45, 7) is 3.75. The number of allylic oxidation sites excluding steroid dienone is 1. The van der Waals surface area contributed by atoms with Crippen molar-refractivity contribution in [2.75, 3.05) is 0 Å². The predicted molar refractivity (Wildman–Crippen MR) is 54.9 cm³/mol. The minimum absolute atomic E-state index is 0.572. The van der Waals surface area contributed by atoms with Gasteiger partial charge in [-0.3, -0.25) is 0 Å². The van der Waals surface area contributed by atoms with Gasteiger partial charge in [-0.25, -0.2) is 4.79 Å². The van der Waals surface area contributed by atoms with Crippen molar-refractivity contribution in [3.8, 4) is 0 Å². The van der Waals surface area contributed by atoms with Gasteiger partial charge in [-0.1, -0.05) is 12.0 Å². The second kappa shape index (κ2) is 3.41. The van der Waals surface area contributed by atoms with Gasteiger partial charge in [-0.05, 0) is 50.9 Å². The largest absolute Gasteiger partial charge is 0.478 e. The fraction of sp³-hybridized carbons (Fsp3) is 0.750. The van der Waals surface area contributed by atoms with Gasteiger partial charge in [0.25, 0.3) is 0 Å². The molecule has 2 bridgehead atoms. The van der Waals surface area contributed by atoms with Crippen LogP contribution in [-0.2, 0) is 4.79 Å². The number of rotatable bonds is 2. The van der Waals surface area contributed by atoms with Crippen molar-refractivity contribution in [3.63, 3.8) is 0 Å². The molecule has 2 saturated carbocycles. The SMILES string of the molecule is CC(C(=O)O)=C(C)C1CC2CCC1C2. The number of fused-ring (bicyclic) bond motifs is 2. The van der Waals surface area contributed by atoms with Crippen LogP contribution in [0.15, 0.2) is 11.1 Å². The van der Waals surface area contributed by atoms with Crippen molar-refractivity contribution in [1.82, 2.24) is 0 Å². The average molecular weight is 194 g/mol. The van der Waals surface area contributed by atoms with Crippen LogP contribution in [0.5, 0.6) is 0 Å². The molecule has 1 N–H and O–H groups in total. The maximum absolute atomic E-state index is 10.8. The minimum atomic E-state index is -0.745. The Morgan fingerprint density at radius 3 is 2.36 bits per heavy atom. The lowest BCUT2D eigenvalue weighted by Crippen LogP contribution is -2.14. The molecule has 0 radical (unpaired) electrons. The molecule has 0 heterocycles. The number of hydrogen-bond acceptors (Lipinski definition) is 1. The summed E-state index contributed by atoms with van der Waals surface area (Å²) in [5.41, 5.74) is 1.70. The van der Waals surface area contributed by atoms with E-state index in [0.717, 1.165) is 17.4 Å². The summed E-state index contributed by atoms with van der Waals surface area (Å²) < 4.78 is 0. The van der Waals surface area contributed by atoms with Gasteiger partial charge in [0.05, 0.1) is 0 Å². The van der Waals surface area contributed by atoms with E-state index in [9.17, 15) is 4.79 Å². The molecular weight excluding hydrogens is 176 g/mol. The van der Waals surface area contributed by atoms with Crippen LogP contribution < -0.4 is 0 Å². The van der Waals surface area contributed by atoms with Crippen molar-refractivity contribution in [1.29, 1.82) is 0 Å². The monoisotopic (exact) mass is 194 g/mol. The van der Waals surface area contributed by atoms with Gasteiger partial charge in [0.15, 0.2) is 0 Å². The maximum atomic E-state index is 10.8. The summed E-state index contributed by atoms with van der Waals surface area (Å²) in [4.78, 5) is 10.8. The molecule has 0 aromatic rings. The van der Waals surface area contributed by atoms with Gasteiger partial charge < -0.3 is 5.11 Å². The molecule has 0 saturated heterocycles. The molecule has 3 unspecified atom stereocenters. The van der Waals surface area contributed by atoms with Crippen molar-refractivity contribution < 1.29 is 9.90 Å². The van der Waals surface area contributed by atoms with E-state index in [-0.39, 0.29) is 0 Å². The van der Waals surface area contributed by atoms with Crippen molar-refractivity contribution in [3.05, 3.63) is 11.1 Å². The fourth-order valence-corrected chi connectivity index (χ4v) is 3.22. The molecule has 2 heteroatoms. The van der Waals surface area contributed by atoms with Crippen LogP contribution >= 0.6 is 0 Å². The van der Waals surface area contributed by atoms with Crippen LogP contribution in [-0.4, -0.2) is 11.1 Å². The van der Waals surface area contributed by atoms with Crippen LogP contribution in [0.3, 0.4) is 0 Å². The van der Waals surface area contributed by atoms with E-state index < -0.39 is 5.97 Å². The summed E-state index contributed by atoms with van der Waals surface area (Å²) in [7, 11) is 0.